The zero-order valence-electron chi connectivity index (χ0n) is 17.0. The lowest BCUT2D eigenvalue weighted by atomic mass is 10.1. The number of halogens is 1. The maximum atomic E-state index is 13.3. The molecule has 0 fully saturated rings. The number of hydrogen-bond acceptors (Lipinski definition) is 3. The van der Waals surface area contributed by atoms with Gasteiger partial charge in [-0.05, 0) is 56.2 Å². The molecule has 0 saturated carbocycles. The first-order valence-electron chi connectivity index (χ1n) is 9.61. The Morgan fingerprint density at radius 3 is 2.40 bits per heavy atom. The van der Waals surface area contributed by atoms with E-state index in [0.717, 1.165) is 16.7 Å². The Labute approximate surface area is 179 Å². The van der Waals surface area contributed by atoms with E-state index in [9.17, 15) is 9.90 Å². The van der Waals surface area contributed by atoms with Crippen molar-refractivity contribution in [2.24, 2.45) is 4.99 Å². The SMILES string of the molecule is Cc1ccc(-n2c(O)c(C=Nc3cc(Cl)ccc3C)c3ccccc3c2=O)c(C)c1. The van der Waals surface area contributed by atoms with E-state index in [0.29, 0.717) is 32.7 Å². The molecule has 0 aliphatic carbocycles. The number of aryl methyl sites for hydroxylation is 3. The van der Waals surface area contributed by atoms with Crippen molar-refractivity contribution in [1.29, 1.82) is 0 Å². The van der Waals surface area contributed by atoms with Crippen LogP contribution in [0.1, 0.15) is 22.3 Å². The zero-order valence-corrected chi connectivity index (χ0v) is 17.7. The summed E-state index contributed by atoms with van der Waals surface area (Å²) in [6.07, 6.45) is 1.59. The number of nitrogens with zero attached hydrogens (tertiary/aromatic N) is 2. The highest BCUT2D eigenvalue weighted by molar-refractivity contribution is 6.30. The Kier molecular flexibility index (Phi) is 5.18. The highest BCUT2D eigenvalue weighted by Crippen LogP contribution is 2.29. The highest BCUT2D eigenvalue weighted by Gasteiger charge is 2.17. The summed E-state index contributed by atoms with van der Waals surface area (Å²) in [6.45, 7) is 5.86. The van der Waals surface area contributed by atoms with Gasteiger partial charge in [0.1, 0.15) is 0 Å². The van der Waals surface area contributed by atoms with Crippen molar-refractivity contribution in [3.8, 4) is 11.6 Å². The maximum Gasteiger partial charge on any atom is 0.265 e. The molecule has 4 aromatic rings. The molecule has 0 spiro atoms. The summed E-state index contributed by atoms with van der Waals surface area (Å²) in [5.41, 5.74) is 4.49. The molecule has 0 bridgehead atoms. The standard InChI is InChI=1S/C25H21ClN2O2/c1-15-8-11-23(17(3)12-15)28-24(29)20-7-5-4-6-19(20)21(25(28)30)14-27-22-13-18(26)10-9-16(22)2/h4-14,30H,1-3H3. The second-order valence-electron chi connectivity index (χ2n) is 7.40. The monoisotopic (exact) mass is 416 g/mol. The van der Waals surface area contributed by atoms with Crippen molar-refractivity contribution in [2.75, 3.05) is 0 Å². The number of aliphatic imine (C=N–C) groups is 1. The largest absolute Gasteiger partial charge is 0.494 e. The molecule has 4 nitrogen and oxygen atoms in total. The fourth-order valence-corrected chi connectivity index (χ4v) is 3.79. The molecule has 0 saturated heterocycles. The van der Waals surface area contributed by atoms with Crippen LogP contribution in [-0.2, 0) is 0 Å². The van der Waals surface area contributed by atoms with E-state index in [-0.39, 0.29) is 11.4 Å². The molecule has 1 N–H and O–H groups in total. The Bertz CT molecular complexity index is 1370. The van der Waals surface area contributed by atoms with Crippen LogP contribution in [0.15, 0.2) is 70.5 Å². The predicted molar refractivity (Wildman–Crippen MR) is 124 cm³/mol. The molecule has 3 aromatic carbocycles. The van der Waals surface area contributed by atoms with Crippen molar-refractivity contribution < 1.29 is 5.11 Å². The number of aromatic nitrogens is 1. The first-order chi connectivity index (χ1) is 14.4. The van der Waals surface area contributed by atoms with E-state index < -0.39 is 0 Å². The minimum Gasteiger partial charge on any atom is -0.494 e. The van der Waals surface area contributed by atoms with Crippen molar-refractivity contribution >= 4 is 34.3 Å². The summed E-state index contributed by atoms with van der Waals surface area (Å²) >= 11 is 6.11. The summed E-state index contributed by atoms with van der Waals surface area (Å²) in [5.74, 6) is -0.144. The van der Waals surface area contributed by atoms with Crippen LogP contribution >= 0.6 is 11.6 Å². The van der Waals surface area contributed by atoms with Crippen LogP contribution in [-0.4, -0.2) is 15.9 Å². The molecule has 1 heterocycles. The van der Waals surface area contributed by atoms with Gasteiger partial charge in [0.25, 0.3) is 5.56 Å². The molecule has 0 amide bonds. The Morgan fingerprint density at radius 2 is 1.67 bits per heavy atom. The fourth-order valence-electron chi connectivity index (χ4n) is 3.62. The summed E-state index contributed by atoms with van der Waals surface area (Å²) in [7, 11) is 0. The quantitative estimate of drug-likeness (QED) is 0.415. The van der Waals surface area contributed by atoms with Crippen molar-refractivity contribution in [2.45, 2.75) is 20.8 Å². The molecule has 0 unspecified atom stereocenters. The van der Waals surface area contributed by atoms with Gasteiger partial charge in [-0.25, -0.2) is 4.57 Å². The predicted octanol–water partition coefficient (Wildman–Crippen LogP) is 6.03. The topological polar surface area (TPSA) is 54.6 Å². The number of fused-ring (bicyclic) bond motifs is 1. The molecular weight excluding hydrogens is 396 g/mol. The molecule has 5 heteroatoms. The van der Waals surface area contributed by atoms with Crippen LogP contribution in [0.2, 0.25) is 5.02 Å². The van der Waals surface area contributed by atoms with Crippen molar-refractivity contribution in [3.63, 3.8) is 0 Å². The molecule has 30 heavy (non-hydrogen) atoms. The molecular formula is C25H21ClN2O2. The summed E-state index contributed by atoms with van der Waals surface area (Å²) in [4.78, 5) is 17.8. The van der Waals surface area contributed by atoms with Crippen LogP contribution in [0.5, 0.6) is 5.88 Å². The Balaban J connectivity index is 2.01. The lowest BCUT2D eigenvalue weighted by Crippen LogP contribution is -2.21. The first kappa shape index (κ1) is 19.9. The van der Waals surface area contributed by atoms with Crippen LogP contribution in [0, 0.1) is 20.8 Å². The Hall–Kier alpha value is -3.37. The van der Waals surface area contributed by atoms with Crippen LogP contribution < -0.4 is 5.56 Å². The molecule has 0 atom stereocenters. The molecule has 4 rings (SSSR count). The number of hydrogen-bond donors (Lipinski definition) is 1. The summed E-state index contributed by atoms with van der Waals surface area (Å²) < 4.78 is 1.35. The van der Waals surface area contributed by atoms with E-state index in [2.05, 4.69) is 4.99 Å². The smallest absolute Gasteiger partial charge is 0.265 e. The number of rotatable bonds is 3. The third kappa shape index (κ3) is 3.51. The van der Waals surface area contributed by atoms with E-state index in [1.54, 1.807) is 18.3 Å². The molecule has 0 radical (unpaired) electrons. The van der Waals surface area contributed by atoms with Crippen molar-refractivity contribution in [3.05, 3.63) is 98.3 Å². The van der Waals surface area contributed by atoms with Gasteiger partial charge in [0.2, 0.25) is 5.88 Å². The van der Waals surface area contributed by atoms with Crippen LogP contribution in [0.4, 0.5) is 5.69 Å². The summed E-state index contributed by atoms with van der Waals surface area (Å²) in [5, 5.41) is 12.9. The number of benzene rings is 3. The number of aromatic hydroxyl groups is 1. The van der Waals surface area contributed by atoms with Crippen molar-refractivity contribution in [1.82, 2.24) is 4.57 Å². The fraction of sp³-hybridized carbons (Fsp3) is 0.120. The van der Waals surface area contributed by atoms with Crippen LogP contribution in [0.3, 0.4) is 0 Å². The third-order valence-corrected chi connectivity index (χ3v) is 5.44. The van der Waals surface area contributed by atoms with E-state index in [1.165, 1.54) is 4.57 Å². The first-order valence-corrected chi connectivity index (χ1v) is 9.99. The molecule has 150 valence electrons. The van der Waals surface area contributed by atoms with Gasteiger partial charge in [0.05, 0.1) is 16.9 Å². The van der Waals surface area contributed by atoms with Gasteiger partial charge in [0.15, 0.2) is 0 Å². The normalized spacial score (nSPS) is 11.5. The molecule has 1 aromatic heterocycles. The third-order valence-electron chi connectivity index (χ3n) is 5.20. The van der Waals surface area contributed by atoms with Crippen LogP contribution in [0.25, 0.3) is 16.5 Å². The van der Waals surface area contributed by atoms with E-state index >= 15 is 0 Å². The lowest BCUT2D eigenvalue weighted by molar-refractivity contribution is 0.436. The number of pyridine rings is 1. The van der Waals surface area contributed by atoms with Gasteiger partial charge in [0, 0.05) is 22.0 Å². The van der Waals surface area contributed by atoms with Gasteiger partial charge >= 0.3 is 0 Å². The highest BCUT2D eigenvalue weighted by atomic mass is 35.5. The maximum absolute atomic E-state index is 13.3. The zero-order chi connectivity index (χ0) is 21.4. The molecule has 0 aliphatic heterocycles. The van der Waals surface area contributed by atoms with E-state index in [4.69, 9.17) is 11.6 Å². The minimum atomic E-state index is -0.272. The van der Waals surface area contributed by atoms with Gasteiger partial charge in [-0.1, -0.05) is 53.6 Å². The Morgan fingerprint density at radius 1 is 0.933 bits per heavy atom. The van der Waals surface area contributed by atoms with Gasteiger partial charge in [-0.3, -0.25) is 9.79 Å². The lowest BCUT2D eigenvalue weighted by Gasteiger charge is -2.16. The van der Waals surface area contributed by atoms with Gasteiger partial charge in [-0.2, -0.15) is 0 Å². The van der Waals surface area contributed by atoms with Gasteiger partial charge < -0.3 is 5.11 Å². The summed E-state index contributed by atoms with van der Waals surface area (Å²) in [6, 6.07) is 18.5. The second kappa shape index (κ2) is 7.81. The average Bonchev–Trinajstić information content (AvgIpc) is 2.72. The van der Waals surface area contributed by atoms with Gasteiger partial charge in [-0.15, -0.1) is 0 Å². The second-order valence-corrected chi connectivity index (χ2v) is 7.84. The molecule has 0 aliphatic rings. The average molecular weight is 417 g/mol. The van der Waals surface area contributed by atoms with E-state index in [1.807, 2.05) is 69.3 Å². The minimum absolute atomic E-state index is 0.144.